The highest BCUT2D eigenvalue weighted by Crippen LogP contribution is 2.17. The summed E-state index contributed by atoms with van der Waals surface area (Å²) in [5.74, 6) is -0.164. The molecule has 1 fully saturated rings. The zero-order chi connectivity index (χ0) is 23.5. The van der Waals surface area contributed by atoms with Crippen LogP contribution in [0.25, 0.3) is 5.52 Å². The van der Waals surface area contributed by atoms with Gasteiger partial charge in [0.1, 0.15) is 0 Å². The molecule has 1 saturated heterocycles. The van der Waals surface area contributed by atoms with Crippen LogP contribution in [-0.4, -0.2) is 63.3 Å². The lowest BCUT2D eigenvalue weighted by molar-refractivity contribution is 0.0519. The molecule has 34 heavy (non-hydrogen) atoms. The molecule has 0 radical (unpaired) electrons. The number of pyridine rings is 1. The van der Waals surface area contributed by atoms with Crippen LogP contribution in [0.4, 0.5) is 0 Å². The number of amides is 3. The summed E-state index contributed by atoms with van der Waals surface area (Å²) < 4.78 is 6.84. The number of carbonyl (C=O) groups excluding carboxylic acids is 3. The maximum atomic E-state index is 13.2. The second-order valence-electron chi connectivity index (χ2n) is 8.03. The van der Waals surface area contributed by atoms with Gasteiger partial charge in [-0.25, -0.2) is 4.52 Å². The van der Waals surface area contributed by atoms with E-state index in [2.05, 4.69) is 10.4 Å². The first-order valence-corrected chi connectivity index (χ1v) is 11.0. The van der Waals surface area contributed by atoms with Gasteiger partial charge in [-0.15, -0.1) is 0 Å². The molecule has 0 aliphatic carbocycles. The molecular formula is C25H23N5O4. The minimum atomic E-state index is -0.171. The van der Waals surface area contributed by atoms with E-state index < -0.39 is 0 Å². The summed E-state index contributed by atoms with van der Waals surface area (Å²) in [4.78, 5) is 41.4. The van der Waals surface area contributed by atoms with Crippen molar-refractivity contribution >= 4 is 23.2 Å². The van der Waals surface area contributed by atoms with Crippen molar-refractivity contribution in [2.45, 2.75) is 6.54 Å². The summed E-state index contributed by atoms with van der Waals surface area (Å²) in [5.41, 5.74) is 2.61. The van der Waals surface area contributed by atoms with Crippen LogP contribution in [0.1, 0.15) is 36.8 Å². The minimum Gasteiger partial charge on any atom is -0.459 e. The van der Waals surface area contributed by atoms with Crippen LogP contribution >= 0.6 is 0 Å². The van der Waals surface area contributed by atoms with Gasteiger partial charge in [0.05, 0.1) is 23.5 Å². The number of hydrogen-bond donors (Lipinski definition) is 1. The highest BCUT2D eigenvalue weighted by atomic mass is 16.3. The maximum absolute atomic E-state index is 13.2. The summed E-state index contributed by atoms with van der Waals surface area (Å²) in [7, 11) is 0. The van der Waals surface area contributed by atoms with Crippen LogP contribution in [0.15, 0.2) is 77.7 Å². The van der Waals surface area contributed by atoms with Crippen LogP contribution < -0.4 is 5.32 Å². The highest BCUT2D eigenvalue weighted by molar-refractivity contribution is 6.01. The van der Waals surface area contributed by atoms with Crippen molar-refractivity contribution in [1.82, 2.24) is 24.7 Å². The fraction of sp³-hybridized carbons (Fsp3) is 0.200. The standard InChI is InChI=1S/C25H23N5O4/c31-23(19-5-2-1-3-6-19)26-16-18-8-9-30-21(15-18)20(17-27-30)24(32)28-10-12-29(13-11-28)25(33)22-7-4-14-34-22/h1-9,14-15,17H,10-13,16H2,(H,26,31). The smallest absolute Gasteiger partial charge is 0.289 e. The summed E-state index contributed by atoms with van der Waals surface area (Å²) in [5, 5.41) is 7.20. The number of aromatic nitrogens is 2. The average molecular weight is 457 g/mol. The van der Waals surface area contributed by atoms with Crippen molar-refractivity contribution in [3.63, 3.8) is 0 Å². The number of fused-ring (bicyclic) bond motifs is 1. The number of hydrogen-bond acceptors (Lipinski definition) is 5. The van der Waals surface area contributed by atoms with Gasteiger partial charge < -0.3 is 19.5 Å². The van der Waals surface area contributed by atoms with E-state index in [0.717, 1.165) is 5.56 Å². The van der Waals surface area contributed by atoms with E-state index in [1.165, 1.54) is 6.26 Å². The van der Waals surface area contributed by atoms with Gasteiger partial charge in [-0.2, -0.15) is 5.10 Å². The molecule has 4 heterocycles. The zero-order valence-electron chi connectivity index (χ0n) is 18.4. The number of nitrogens with zero attached hydrogens (tertiary/aromatic N) is 4. The van der Waals surface area contributed by atoms with Crippen LogP contribution in [0.3, 0.4) is 0 Å². The Morgan fingerprint density at radius 1 is 0.912 bits per heavy atom. The SMILES string of the molecule is O=C(NCc1ccn2ncc(C(=O)N3CCN(C(=O)c4ccco4)CC3)c2c1)c1ccccc1. The van der Waals surface area contributed by atoms with Gasteiger partial charge in [-0.3, -0.25) is 14.4 Å². The van der Waals surface area contributed by atoms with E-state index in [4.69, 9.17) is 4.42 Å². The van der Waals surface area contributed by atoms with Gasteiger partial charge in [0.15, 0.2) is 5.76 Å². The molecule has 3 aromatic heterocycles. The van der Waals surface area contributed by atoms with Gasteiger partial charge in [0.2, 0.25) is 0 Å². The topological polar surface area (TPSA) is 100 Å². The number of furan rings is 1. The van der Waals surface area contributed by atoms with E-state index >= 15 is 0 Å². The zero-order valence-corrected chi connectivity index (χ0v) is 18.4. The van der Waals surface area contributed by atoms with Crippen LogP contribution in [0.5, 0.6) is 0 Å². The second kappa shape index (κ2) is 9.22. The Balaban J connectivity index is 1.25. The lowest BCUT2D eigenvalue weighted by Crippen LogP contribution is -2.50. The molecule has 0 atom stereocenters. The van der Waals surface area contributed by atoms with Crippen LogP contribution in [-0.2, 0) is 6.54 Å². The molecule has 0 bridgehead atoms. The van der Waals surface area contributed by atoms with E-state index in [0.29, 0.717) is 55.1 Å². The molecule has 1 N–H and O–H groups in total. The summed E-state index contributed by atoms with van der Waals surface area (Å²) in [6.07, 6.45) is 4.81. The first kappa shape index (κ1) is 21.4. The monoisotopic (exact) mass is 457 g/mol. The van der Waals surface area contributed by atoms with Crippen molar-refractivity contribution in [2.75, 3.05) is 26.2 Å². The van der Waals surface area contributed by atoms with Gasteiger partial charge in [0.25, 0.3) is 17.7 Å². The molecule has 9 heteroatoms. The second-order valence-corrected chi connectivity index (χ2v) is 8.03. The first-order valence-electron chi connectivity index (χ1n) is 11.0. The van der Waals surface area contributed by atoms with Crippen LogP contribution in [0.2, 0.25) is 0 Å². The third-order valence-corrected chi connectivity index (χ3v) is 5.89. The van der Waals surface area contributed by atoms with Gasteiger partial charge >= 0.3 is 0 Å². The summed E-state index contributed by atoms with van der Waals surface area (Å²) in [6, 6.07) is 16.1. The van der Waals surface area contributed by atoms with Crippen molar-refractivity contribution < 1.29 is 18.8 Å². The maximum Gasteiger partial charge on any atom is 0.289 e. The van der Waals surface area contributed by atoms with Gasteiger partial charge in [-0.05, 0) is 42.0 Å². The largest absolute Gasteiger partial charge is 0.459 e. The summed E-state index contributed by atoms with van der Waals surface area (Å²) >= 11 is 0. The van der Waals surface area contributed by atoms with E-state index in [-0.39, 0.29) is 17.7 Å². The van der Waals surface area contributed by atoms with Crippen molar-refractivity contribution in [3.05, 3.63) is 95.7 Å². The van der Waals surface area contributed by atoms with Gasteiger partial charge in [-0.1, -0.05) is 18.2 Å². The Hall–Kier alpha value is -4.40. The number of rotatable bonds is 5. The Morgan fingerprint density at radius 2 is 1.65 bits per heavy atom. The molecule has 4 aromatic rings. The Bertz CT molecular complexity index is 1320. The predicted molar refractivity (Wildman–Crippen MR) is 123 cm³/mol. The number of nitrogens with one attached hydrogen (secondary N) is 1. The Morgan fingerprint density at radius 3 is 2.35 bits per heavy atom. The Kier molecular flexibility index (Phi) is 5.82. The molecule has 0 spiro atoms. The number of carbonyl (C=O) groups is 3. The van der Waals surface area contributed by atoms with Crippen LogP contribution in [0, 0.1) is 0 Å². The molecule has 0 saturated carbocycles. The molecule has 5 rings (SSSR count). The van der Waals surface area contributed by atoms with Crippen molar-refractivity contribution in [3.8, 4) is 0 Å². The molecule has 1 aromatic carbocycles. The molecule has 0 unspecified atom stereocenters. The molecule has 3 amide bonds. The van der Waals surface area contributed by atoms with E-state index in [1.807, 2.05) is 30.3 Å². The third kappa shape index (κ3) is 4.27. The van der Waals surface area contributed by atoms with Crippen molar-refractivity contribution in [2.24, 2.45) is 0 Å². The fourth-order valence-corrected chi connectivity index (χ4v) is 4.01. The molecule has 9 nitrogen and oxygen atoms in total. The van der Waals surface area contributed by atoms with Gasteiger partial charge in [0, 0.05) is 44.5 Å². The quantitative estimate of drug-likeness (QED) is 0.496. The first-order chi connectivity index (χ1) is 16.6. The third-order valence-electron chi connectivity index (χ3n) is 5.89. The number of piperazine rings is 1. The van der Waals surface area contributed by atoms with E-state index in [1.54, 1.807) is 51.0 Å². The molecule has 1 aliphatic rings. The summed E-state index contributed by atoms with van der Waals surface area (Å²) in [6.45, 7) is 2.05. The van der Waals surface area contributed by atoms with E-state index in [9.17, 15) is 14.4 Å². The average Bonchev–Trinajstić information content (AvgIpc) is 3.57. The highest BCUT2D eigenvalue weighted by Gasteiger charge is 2.28. The number of benzene rings is 1. The predicted octanol–water partition coefficient (Wildman–Crippen LogP) is 2.46. The fourth-order valence-electron chi connectivity index (χ4n) is 4.01. The lowest BCUT2D eigenvalue weighted by atomic mass is 10.1. The van der Waals surface area contributed by atoms with Crippen molar-refractivity contribution in [1.29, 1.82) is 0 Å². The lowest BCUT2D eigenvalue weighted by Gasteiger charge is -2.34. The minimum absolute atomic E-state index is 0.134. The molecule has 1 aliphatic heterocycles. The molecular weight excluding hydrogens is 434 g/mol. The molecule has 172 valence electrons. The Labute approximate surface area is 195 Å². The normalized spacial score (nSPS) is 13.8.